The molecule has 7 heteroatoms. The minimum Gasteiger partial charge on any atom is -0.400 e. The Morgan fingerprint density at radius 3 is 2.63 bits per heavy atom. The van der Waals surface area contributed by atoms with E-state index in [9.17, 15) is 10.0 Å². The number of amides is 1. The van der Waals surface area contributed by atoms with Gasteiger partial charge in [0.25, 0.3) is 5.91 Å². The van der Waals surface area contributed by atoms with Crippen LogP contribution in [0.2, 0.25) is 5.15 Å². The van der Waals surface area contributed by atoms with E-state index in [4.69, 9.17) is 21.4 Å². The molecule has 19 heavy (non-hydrogen) atoms. The van der Waals surface area contributed by atoms with Crippen molar-refractivity contribution in [2.45, 2.75) is 19.4 Å². The lowest BCUT2D eigenvalue weighted by Crippen LogP contribution is -2.54. The zero-order valence-corrected chi connectivity index (χ0v) is 11.9. The molecule has 1 aromatic heterocycles. The van der Waals surface area contributed by atoms with Crippen LogP contribution >= 0.6 is 11.6 Å². The fourth-order valence-electron chi connectivity index (χ4n) is 1.75. The van der Waals surface area contributed by atoms with Gasteiger partial charge in [0.15, 0.2) is 0 Å². The molecular formula is C12H18ClN2O4+. The van der Waals surface area contributed by atoms with E-state index in [0.717, 1.165) is 11.8 Å². The van der Waals surface area contributed by atoms with Crippen molar-refractivity contribution in [1.29, 1.82) is 0 Å². The summed E-state index contributed by atoms with van der Waals surface area (Å²) in [6.45, 7) is 4.38. The number of carbonyl (C=O) groups excluding carboxylic acids is 1. The summed E-state index contributed by atoms with van der Waals surface area (Å²) in [5.41, 5.74) is -0.240. The molecule has 0 radical (unpaired) electrons. The van der Waals surface area contributed by atoms with Gasteiger partial charge in [0.2, 0.25) is 6.20 Å². The summed E-state index contributed by atoms with van der Waals surface area (Å²) in [6, 6.07) is 3.22. The highest BCUT2D eigenvalue weighted by molar-refractivity contribution is 6.28. The molecule has 0 unspecified atom stereocenters. The van der Waals surface area contributed by atoms with Crippen LogP contribution in [0.1, 0.15) is 13.8 Å². The molecule has 0 bridgehead atoms. The molecule has 1 aliphatic rings. The average molecular weight is 290 g/mol. The van der Waals surface area contributed by atoms with Crippen LogP contribution < -0.4 is 9.63 Å². The van der Waals surface area contributed by atoms with Gasteiger partial charge in [-0.3, -0.25) is 10.0 Å². The second kappa shape index (κ2) is 6.18. The summed E-state index contributed by atoms with van der Waals surface area (Å²) in [5, 5.41) is 16.7. The first-order valence-electron chi connectivity index (χ1n) is 5.73. The molecule has 1 saturated heterocycles. The maximum absolute atomic E-state index is 12.1. The van der Waals surface area contributed by atoms with E-state index >= 15 is 0 Å². The van der Waals surface area contributed by atoms with Crippen molar-refractivity contribution < 1.29 is 24.6 Å². The van der Waals surface area contributed by atoms with Crippen molar-refractivity contribution in [2.24, 2.45) is 0 Å². The van der Waals surface area contributed by atoms with E-state index < -0.39 is 5.60 Å². The normalized spacial score (nSPS) is 17.7. The molecule has 2 rings (SSSR count). The molecule has 0 spiro atoms. The van der Waals surface area contributed by atoms with Gasteiger partial charge in [-0.05, 0) is 31.5 Å². The number of nitrogens with zero attached hydrogens (tertiary/aromatic N) is 2. The minimum absolute atomic E-state index is 0.133. The number of ether oxygens (including phenoxy) is 1. The Bertz CT molecular complexity index is 465. The molecule has 0 aromatic carbocycles. The van der Waals surface area contributed by atoms with Gasteiger partial charge in [0.05, 0.1) is 6.61 Å². The van der Waals surface area contributed by atoms with Crippen molar-refractivity contribution in [3.63, 3.8) is 0 Å². The van der Waals surface area contributed by atoms with Gasteiger partial charge in [-0.15, -0.1) is 0 Å². The number of pyridine rings is 1. The maximum atomic E-state index is 12.1. The highest BCUT2D eigenvalue weighted by atomic mass is 35.5. The van der Waals surface area contributed by atoms with Gasteiger partial charge < -0.3 is 14.7 Å². The number of halogens is 1. The second-order valence-electron chi connectivity index (χ2n) is 4.37. The molecule has 2 heterocycles. The highest BCUT2D eigenvalue weighted by Crippen LogP contribution is 2.23. The SMILES string of the molecule is CC1(C)OCCN(c2ccc(Cl)[n+](O)c2)C1=O.CO. The van der Waals surface area contributed by atoms with Gasteiger partial charge >= 0.3 is 5.15 Å². The van der Waals surface area contributed by atoms with E-state index in [1.165, 1.54) is 12.3 Å². The Morgan fingerprint density at radius 2 is 2.05 bits per heavy atom. The lowest BCUT2D eigenvalue weighted by atomic mass is 10.1. The number of aliphatic hydroxyl groups excluding tert-OH is 1. The molecular weight excluding hydrogens is 272 g/mol. The number of carbonyl (C=O) groups is 1. The quantitative estimate of drug-likeness (QED) is 0.451. The maximum Gasteiger partial charge on any atom is 0.325 e. The summed E-state index contributed by atoms with van der Waals surface area (Å²) >= 11 is 5.70. The van der Waals surface area contributed by atoms with E-state index in [-0.39, 0.29) is 11.1 Å². The van der Waals surface area contributed by atoms with E-state index in [1.807, 2.05) is 0 Å². The predicted octanol–water partition coefficient (Wildman–Crippen LogP) is 0.615. The van der Waals surface area contributed by atoms with Crippen molar-refractivity contribution in [3.05, 3.63) is 23.5 Å². The van der Waals surface area contributed by atoms with Gasteiger partial charge in [0.1, 0.15) is 11.3 Å². The topological polar surface area (TPSA) is 73.9 Å². The van der Waals surface area contributed by atoms with Crippen LogP contribution in [-0.4, -0.2) is 42.1 Å². The molecule has 1 aromatic rings. The summed E-state index contributed by atoms with van der Waals surface area (Å²) < 4.78 is 6.18. The molecule has 0 saturated carbocycles. The fourth-order valence-corrected chi connectivity index (χ4v) is 1.86. The molecule has 1 aliphatic heterocycles. The minimum atomic E-state index is -0.835. The number of rotatable bonds is 1. The third kappa shape index (κ3) is 3.34. The van der Waals surface area contributed by atoms with Crippen molar-refractivity contribution in [1.82, 2.24) is 0 Å². The van der Waals surface area contributed by atoms with Gasteiger partial charge in [-0.25, -0.2) is 0 Å². The second-order valence-corrected chi connectivity index (χ2v) is 4.76. The van der Waals surface area contributed by atoms with Crippen LogP contribution in [0.4, 0.5) is 5.69 Å². The van der Waals surface area contributed by atoms with Gasteiger partial charge in [-0.2, -0.15) is 0 Å². The third-order valence-electron chi connectivity index (χ3n) is 2.71. The number of hydrogen-bond acceptors (Lipinski definition) is 4. The van der Waals surface area contributed by atoms with Gasteiger partial charge in [-0.1, -0.05) is 0 Å². The summed E-state index contributed by atoms with van der Waals surface area (Å²) in [6.07, 6.45) is 1.40. The molecule has 6 nitrogen and oxygen atoms in total. The molecule has 106 valence electrons. The summed E-state index contributed by atoms with van der Waals surface area (Å²) in [7, 11) is 1.00. The van der Waals surface area contributed by atoms with E-state index in [2.05, 4.69) is 0 Å². The first-order valence-corrected chi connectivity index (χ1v) is 6.11. The largest absolute Gasteiger partial charge is 0.400 e. The van der Waals surface area contributed by atoms with Crippen molar-refractivity contribution in [3.8, 4) is 0 Å². The molecule has 0 atom stereocenters. The van der Waals surface area contributed by atoms with Crippen LogP contribution in [0.5, 0.6) is 0 Å². The van der Waals surface area contributed by atoms with Crippen LogP contribution in [0.15, 0.2) is 18.3 Å². The number of hydrogen-bond donors (Lipinski definition) is 2. The lowest BCUT2D eigenvalue weighted by molar-refractivity contribution is -0.902. The van der Waals surface area contributed by atoms with Gasteiger partial charge in [0, 0.05) is 24.5 Å². The van der Waals surface area contributed by atoms with Crippen molar-refractivity contribution in [2.75, 3.05) is 25.2 Å². The number of aromatic nitrogens is 1. The van der Waals surface area contributed by atoms with E-state index in [1.54, 1.807) is 24.8 Å². The van der Waals surface area contributed by atoms with Crippen LogP contribution in [0.25, 0.3) is 0 Å². The standard InChI is InChI=1S/C11H14ClN2O3.CH4O/c1-11(2)10(15)13(5-6-17-11)8-3-4-9(12)14(16)7-8;1-2/h3-4,7,16H,5-6H2,1-2H3;2H,1H3/q+1;. The zero-order chi connectivity index (χ0) is 14.6. The molecule has 1 fully saturated rings. The first-order chi connectivity index (χ1) is 8.92. The Hall–Kier alpha value is -1.37. The summed E-state index contributed by atoms with van der Waals surface area (Å²) in [5.74, 6) is -0.133. The Kier molecular flexibility index (Phi) is 5.11. The van der Waals surface area contributed by atoms with E-state index in [0.29, 0.717) is 18.8 Å². The zero-order valence-electron chi connectivity index (χ0n) is 11.1. The van der Waals surface area contributed by atoms with Crippen LogP contribution in [0.3, 0.4) is 0 Å². The first kappa shape index (κ1) is 15.7. The predicted molar refractivity (Wildman–Crippen MR) is 69.4 cm³/mol. The smallest absolute Gasteiger partial charge is 0.325 e. The fraction of sp³-hybridized carbons (Fsp3) is 0.500. The van der Waals surface area contributed by atoms with Crippen molar-refractivity contribution >= 4 is 23.2 Å². The molecule has 2 N–H and O–H groups in total. The van der Waals surface area contributed by atoms with Crippen LogP contribution in [0, 0.1) is 0 Å². The number of anilines is 1. The third-order valence-corrected chi connectivity index (χ3v) is 3.01. The number of aliphatic hydroxyl groups is 1. The Morgan fingerprint density at radius 1 is 1.42 bits per heavy atom. The number of morpholine rings is 1. The average Bonchev–Trinajstić information content (AvgIpc) is 2.39. The molecule has 0 aliphatic carbocycles. The monoisotopic (exact) mass is 289 g/mol. The Balaban J connectivity index is 0.000000861. The molecule has 1 amide bonds. The lowest BCUT2D eigenvalue weighted by Gasteiger charge is -2.36. The van der Waals surface area contributed by atoms with Crippen LogP contribution in [-0.2, 0) is 9.53 Å². The Labute approximate surface area is 116 Å². The highest BCUT2D eigenvalue weighted by Gasteiger charge is 2.38. The summed E-state index contributed by atoms with van der Waals surface area (Å²) in [4.78, 5) is 13.7.